The summed E-state index contributed by atoms with van der Waals surface area (Å²) in [6, 6.07) is 4.18. The van der Waals surface area contributed by atoms with Crippen molar-refractivity contribution < 1.29 is 18.5 Å². The van der Waals surface area contributed by atoms with Gasteiger partial charge in [0.15, 0.2) is 11.6 Å². The lowest BCUT2D eigenvalue weighted by atomic mass is 10.1. The third kappa shape index (κ3) is 3.50. The van der Waals surface area contributed by atoms with Crippen LogP contribution in [0, 0.1) is 5.82 Å². The molecular weight excluding hydrogens is 385 g/mol. The summed E-state index contributed by atoms with van der Waals surface area (Å²) in [6.07, 6.45) is 3.58. The van der Waals surface area contributed by atoms with E-state index in [0.29, 0.717) is 45.7 Å². The van der Waals surface area contributed by atoms with Crippen LogP contribution in [0.3, 0.4) is 0 Å². The predicted octanol–water partition coefficient (Wildman–Crippen LogP) is 2.05. The van der Waals surface area contributed by atoms with E-state index < -0.39 is 29.0 Å². The Balaban J connectivity index is 1.73. The van der Waals surface area contributed by atoms with Crippen molar-refractivity contribution in [3.8, 4) is 11.4 Å². The summed E-state index contributed by atoms with van der Waals surface area (Å²) in [6.45, 7) is 0. The standard InChI is InChI=1S/C18H16FN5O3S/c1-24-9-11(8-20-24)17-22-14-4-5-28(27)16(14)18(23-17)21-12-3-2-10(6-15(25)26)13(19)7-12/h2-3,7-9H,4-6H2,1H3,(H,25,26)(H,21,22,23)/t28-/m1/s1. The van der Waals surface area contributed by atoms with Crippen molar-refractivity contribution in [2.24, 2.45) is 7.05 Å². The molecule has 2 aromatic heterocycles. The van der Waals surface area contributed by atoms with E-state index in [1.807, 2.05) is 0 Å². The summed E-state index contributed by atoms with van der Waals surface area (Å²) in [5.41, 5.74) is 1.88. The first-order chi connectivity index (χ1) is 13.4. The first-order valence-electron chi connectivity index (χ1n) is 8.46. The number of fused-ring (bicyclic) bond motifs is 1. The molecule has 0 spiro atoms. The van der Waals surface area contributed by atoms with Crippen molar-refractivity contribution in [2.45, 2.75) is 17.7 Å². The minimum atomic E-state index is -1.24. The molecule has 1 aromatic carbocycles. The lowest BCUT2D eigenvalue weighted by Crippen LogP contribution is -2.06. The Bertz CT molecular complexity index is 1110. The summed E-state index contributed by atoms with van der Waals surface area (Å²) in [4.78, 5) is 20.3. The van der Waals surface area contributed by atoms with Crippen molar-refractivity contribution >= 4 is 28.3 Å². The predicted molar refractivity (Wildman–Crippen MR) is 100 cm³/mol. The van der Waals surface area contributed by atoms with Crippen molar-refractivity contribution in [1.82, 2.24) is 19.7 Å². The maximum atomic E-state index is 14.2. The molecule has 0 bridgehead atoms. The molecule has 0 radical (unpaired) electrons. The third-order valence-corrected chi connectivity index (χ3v) is 5.77. The van der Waals surface area contributed by atoms with Crippen LogP contribution in [-0.2, 0) is 35.5 Å². The number of hydrogen-bond donors (Lipinski definition) is 2. The van der Waals surface area contributed by atoms with Gasteiger partial charge in [0, 0.05) is 31.1 Å². The number of aliphatic carboxylic acids is 1. The average molecular weight is 401 g/mol. The monoisotopic (exact) mass is 401 g/mol. The summed E-state index contributed by atoms with van der Waals surface area (Å²) in [5.74, 6) is -0.487. The Morgan fingerprint density at radius 2 is 2.21 bits per heavy atom. The maximum Gasteiger partial charge on any atom is 0.307 e. The topological polar surface area (TPSA) is 110 Å². The van der Waals surface area contributed by atoms with Crippen LogP contribution in [0.25, 0.3) is 11.4 Å². The molecule has 4 rings (SSSR count). The van der Waals surface area contributed by atoms with Crippen LogP contribution >= 0.6 is 0 Å². The Morgan fingerprint density at radius 1 is 1.39 bits per heavy atom. The summed E-state index contributed by atoms with van der Waals surface area (Å²) in [5, 5.41) is 16.0. The van der Waals surface area contributed by atoms with Gasteiger partial charge >= 0.3 is 5.97 Å². The van der Waals surface area contributed by atoms with Crippen molar-refractivity contribution in [3.63, 3.8) is 0 Å². The van der Waals surface area contributed by atoms with Gasteiger partial charge in [0.1, 0.15) is 10.7 Å². The van der Waals surface area contributed by atoms with Gasteiger partial charge in [-0.2, -0.15) is 5.10 Å². The molecule has 10 heteroatoms. The number of carboxylic acids is 1. The molecule has 0 amide bonds. The van der Waals surface area contributed by atoms with Gasteiger partial charge < -0.3 is 10.4 Å². The molecule has 1 atom stereocenters. The van der Waals surface area contributed by atoms with Gasteiger partial charge in [0.25, 0.3) is 0 Å². The molecule has 3 aromatic rings. The lowest BCUT2D eigenvalue weighted by Gasteiger charge is -2.12. The molecule has 0 aliphatic carbocycles. The number of benzene rings is 1. The first kappa shape index (κ1) is 18.2. The number of halogens is 1. The van der Waals surface area contributed by atoms with Crippen molar-refractivity contribution in [3.05, 3.63) is 47.7 Å². The molecule has 1 aliphatic rings. The van der Waals surface area contributed by atoms with Crippen LogP contribution in [0.4, 0.5) is 15.9 Å². The normalized spacial score (nSPS) is 15.4. The van der Waals surface area contributed by atoms with E-state index in [1.165, 1.54) is 12.1 Å². The second-order valence-electron chi connectivity index (χ2n) is 6.38. The van der Waals surface area contributed by atoms with Gasteiger partial charge in [-0.25, -0.2) is 14.4 Å². The van der Waals surface area contributed by atoms with E-state index in [4.69, 9.17) is 5.11 Å². The number of carbonyl (C=O) groups is 1. The highest BCUT2D eigenvalue weighted by atomic mass is 32.2. The fraction of sp³-hybridized carbons (Fsp3) is 0.222. The molecule has 144 valence electrons. The van der Waals surface area contributed by atoms with Gasteiger partial charge in [0.05, 0.1) is 34.7 Å². The zero-order valence-corrected chi connectivity index (χ0v) is 15.7. The van der Waals surface area contributed by atoms with E-state index in [-0.39, 0.29) is 5.56 Å². The van der Waals surface area contributed by atoms with Gasteiger partial charge in [-0.1, -0.05) is 6.07 Å². The molecule has 0 saturated carbocycles. The largest absolute Gasteiger partial charge is 0.481 e. The maximum absolute atomic E-state index is 14.2. The van der Waals surface area contributed by atoms with E-state index in [1.54, 1.807) is 30.2 Å². The minimum Gasteiger partial charge on any atom is -0.481 e. The highest BCUT2D eigenvalue weighted by Crippen LogP contribution is 2.32. The molecule has 0 saturated heterocycles. The third-order valence-electron chi connectivity index (χ3n) is 4.31. The van der Waals surface area contributed by atoms with E-state index in [0.717, 1.165) is 0 Å². The summed E-state index contributed by atoms with van der Waals surface area (Å²) in [7, 11) is 0.544. The number of aryl methyl sites for hydroxylation is 2. The SMILES string of the molecule is Cn1cc(-c2nc3c(c(Nc4ccc(CC(=O)O)c(F)c4)n2)[S@](=O)CC3)cn1. The van der Waals surface area contributed by atoms with E-state index in [9.17, 15) is 13.4 Å². The molecule has 0 fully saturated rings. The van der Waals surface area contributed by atoms with Gasteiger partial charge in [-0.3, -0.25) is 13.7 Å². The number of aromatic nitrogens is 4. The van der Waals surface area contributed by atoms with Crippen LogP contribution in [-0.4, -0.2) is 40.8 Å². The number of hydrogen-bond acceptors (Lipinski definition) is 6. The Kier molecular flexibility index (Phi) is 4.63. The number of nitrogens with zero attached hydrogens (tertiary/aromatic N) is 4. The smallest absolute Gasteiger partial charge is 0.307 e. The number of anilines is 2. The second kappa shape index (κ2) is 7.12. The molecule has 1 aliphatic heterocycles. The molecule has 2 N–H and O–H groups in total. The van der Waals surface area contributed by atoms with E-state index in [2.05, 4.69) is 20.4 Å². The van der Waals surface area contributed by atoms with Crippen LogP contribution in [0.5, 0.6) is 0 Å². The highest BCUT2D eigenvalue weighted by Gasteiger charge is 2.26. The quantitative estimate of drug-likeness (QED) is 0.673. The zero-order chi connectivity index (χ0) is 19.8. The fourth-order valence-electron chi connectivity index (χ4n) is 3.02. The lowest BCUT2D eigenvalue weighted by molar-refractivity contribution is -0.136. The van der Waals surface area contributed by atoms with Gasteiger partial charge in [-0.05, 0) is 17.7 Å². The second-order valence-corrected chi connectivity index (χ2v) is 7.88. The van der Waals surface area contributed by atoms with E-state index >= 15 is 0 Å². The van der Waals surface area contributed by atoms with Gasteiger partial charge in [0.2, 0.25) is 0 Å². The fourth-order valence-corrected chi connectivity index (χ4v) is 4.32. The Morgan fingerprint density at radius 3 is 2.89 bits per heavy atom. The number of rotatable bonds is 5. The Hall–Kier alpha value is -3.14. The van der Waals surface area contributed by atoms with Crippen molar-refractivity contribution in [1.29, 1.82) is 0 Å². The summed E-state index contributed by atoms with van der Waals surface area (Å²) < 4.78 is 28.2. The van der Waals surface area contributed by atoms with Gasteiger partial charge in [-0.15, -0.1) is 0 Å². The molecule has 8 nitrogen and oxygen atoms in total. The molecule has 28 heavy (non-hydrogen) atoms. The van der Waals surface area contributed by atoms with Crippen LogP contribution in [0.15, 0.2) is 35.5 Å². The molecular formula is C18H16FN5O3S. The molecule has 3 heterocycles. The van der Waals surface area contributed by atoms with Crippen molar-refractivity contribution in [2.75, 3.05) is 11.1 Å². The zero-order valence-electron chi connectivity index (χ0n) is 14.8. The summed E-state index contributed by atoms with van der Waals surface area (Å²) >= 11 is 0. The van der Waals surface area contributed by atoms with Crippen LogP contribution in [0.2, 0.25) is 0 Å². The first-order valence-corrected chi connectivity index (χ1v) is 9.78. The number of nitrogens with one attached hydrogen (secondary N) is 1. The highest BCUT2D eigenvalue weighted by molar-refractivity contribution is 7.85. The van der Waals surface area contributed by atoms with Crippen LogP contribution in [0.1, 0.15) is 11.3 Å². The molecule has 0 unspecified atom stereocenters. The minimum absolute atomic E-state index is 0.0885. The Labute approximate surface area is 161 Å². The average Bonchev–Trinajstić information content (AvgIpc) is 3.23. The van der Waals surface area contributed by atoms with Crippen LogP contribution < -0.4 is 5.32 Å². The number of carboxylic acid groups (broad SMARTS) is 1.